The molecule has 1 aliphatic rings. The smallest absolute Gasteiger partial charge is 0.125 e. The van der Waals surface area contributed by atoms with Crippen LogP contribution in [0.15, 0.2) is 12.1 Å². The molecule has 0 aliphatic carbocycles. The summed E-state index contributed by atoms with van der Waals surface area (Å²) in [7, 11) is 0. The Hall–Kier alpha value is -0.980. The Morgan fingerprint density at radius 1 is 1.33 bits per heavy atom. The fourth-order valence-corrected chi connectivity index (χ4v) is 1.92. The minimum absolute atomic E-state index is 0.362. The van der Waals surface area contributed by atoms with Crippen LogP contribution in [-0.4, -0.2) is 6.10 Å². The van der Waals surface area contributed by atoms with Crippen molar-refractivity contribution in [3.05, 3.63) is 28.8 Å². The van der Waals surface area contributed by atoms with Crippen LogP contribution in [0.1, 0.15) is 23.6 Å². The molecule has 0 N–H and O–H groups in total. The first kappa shape index (κ1) is 7.66. The fraction of sp³-hybridized carbons (Fsp3) is 0.455. The van der Waals surface area contributed by atoms with Crippen LogP contribution in [0.2, 0.25) is 0 Å². The van der Waals surface area contributed by atoms with Crippen LogP contribution in [-0.2, 0) is 6.42 Å². The number of rotatable bonds is 0. The molecule has 1 heterocycles. The Balaban J connectivity index is 2.52. The lowest BCUT2D eigenvalue weighted by Gasteiger charge is -2.06. The minimum Gasteiger partial charge on any atom is -0.490 e. The molecule has 64 valence electrons. The summed E-state index contributed by atoms with van der Waals surface area (Å²) in [6.07, 6.45) is 1.43. The number of aryl methyl sites for hydroxylation is 2. The van der Waals surface area contributed by atoms with Gasteiger partial charge in [-0.1, -0.05) is 17.7 Å². The van der Waals surface area contributed by atoms with E-state index in [-0.39, 0.29) is 0 Å². The summed E-state index contributed by atoms with van der Waals surface area (Å²) >= 11 is 0. The van der Waals surface area contributed by atoms with Crippen LogP contribution in [0.4, 0.5) is 0 Å². The quantitative estimate of drug-likeness (QED) is 0.569. The highest BCUT2D eigenvalue weighted by atomic mass is 16.5. The van der Waals surface area contributed by atoms with Crippen molar-refractivity contribution >= 4 is 0 Å². The molecule has 12 heavy (non-hydrogen) atoms. The van der Waals surface area contributed by atoms with E-state index in [9.17, 15) is 0 Å². The van der Waals surface area contributed by atoms with Crippen LogP contribution in [0.3, 0.4) is 0 Å². The van der Waals surface area contributed by atoms with Crippen LogP contribution < -0.4 is 4.74 Å². The predicted molar refractivity (Wildman–Crippen MR) is 49.7 cm³/mol. The molecule has 0 radical (unpaired) electrons. The normalized spacial score (nSPS) is 20.4. The van der Waals surface area contributed by atoms with Crippen LogP contribution >= 0.6 is 0 Å². The molecule has 0 fully saturated rings. The highest BCUT2D eigenvalue weighted by Gasteiger charge is 2.20. The van der Waals surface area contributed by atoms with E-state index >= 15 is 0 Å². The molecule has 1 aromatic carbocycles. The average molecular weight is 162 g/mol. The highest BCUT2D eigenvalue weighted by molar-refractivity contribution is 5.46. The van der Waals surface area contributed by atoms with Crippen LogP contribution in [0.25, 0.3) is 0 Å². The molecule has 1 atom stereocenters. The van der Waals surface area contributed by atoms with Crippen molar-refractivity contribution in [2.45, 2.75) is 33.3 Å². The molecule has 0 aromatic heterocycles. The summed E-state index contributed by atoms with van der Waals surface area (Å²) in [6, 6.07) is 4.41. The summed E-state index contributed by atoms with van der Waals surface area (Å²) in [4.78, 5) is 0. The van der Waals surface area contributed by atoms with Gasteiger partial charge in [0.1, 0.15) is 11.9 Å². The Kier molecular flexibility index (Phi) is 1.60. The van der Waals surface area contributed by atoms with Gasteiger partial charge in [0.15, 0.2) is 0 Å². The summed E-state index contributed by atoms with van der Waals surface area (Å²) in [6.45, 7) is 6.37. The van der Waals surface area contributed by atoms with Crippen molar-refractivity contribution in [1.82, 2.24) is 0 Å². The zero-order valence-electron chi connectivity index (χ0n) is 7.85. The van der Waals surface area contributed by atoms with Crippen molar-refractivity contribution < 1.29 is 4.74 Å². The van der Waals surface area contributed by atoms with Gasteiger partial charge in [-0.25, -0.2) is 0 Å². The molecule has 0 spiro atoms. The average Bonchev–Trinajstić information content (AvgIpc) is 2.29. The first-order chi connectivity index (χ1) is 5.66. The van der Waals surface area contributed by atoms with Gasteiger partial charge in [0.05, 0.1) is 0 Å². The SMILES string of the molecule is Cc1cc(C)c2c(c1)CC(C)O2. The van der Waals surface area contributed by atoms with E-state index in [1.54, 1.807) is 0 Å². The molecule has 0 amide bonds. The second-order valence-electron chi connectivity index (χ2n) is 3.70. The van der Waals surface area contributed by atoms with Crippen LogP contribution in [0.5, 0.6) is 5.75 Å². The van der Waals surface area contributed by atoms with E-state index < -0.39 is 0 Å². The number of ether oxygens (including phenoxy) is 1. The lowest BCUT2D eigenvalue weighted by atomic mass is 10.0. The van der Waals surface area contributed by atoms with Gasteiger partial charge in [-0.05, 0) is 31.9 Å². The second kappa shape index (κ2) is 2.51. The predicted octanol–water partition coefficient (Wildman–Crippen LogP) is 2.63. The lowest BCUT2D eigenvalue weighted by molar-refractivity contribution is 0.253. The molecule has 1 heteroatoms. The zero-order valence-corrected chi connectivity index (χ0v) is 7.85. The lowest BCUT2D eigenvalue weighted by Crippen LogP contribution is -2.05. The number of hydrogen-bond acceptors (Lipinski definition) is 1. The van der Waals surface area contributed by atoms with Gasteiger partial charge < -0.3 is 4.74 Å². The summed E-state index contributed by atoms with van der Waals surface area (Å²) in [5.41, 5.74) is 3.98. The third-order valence-corrected chi connectivity index (χ3v) is 2.32. The third-order valence-electron chi connectivity index (χ3n) is 2.32. The maximum Gasteiger partial charge on any atom is 0.125 e. The summed E-state index contributed by atoms with van der Waals surface area (Å²) < 4.78 is 5.69. The Bertz CT molecular complexity index is 315. The standard InChI is InChI=1S/C11H14O/c1-7-4-8(2)11-10(5-7)6-9(3)12-11/h4-5,9H,6H2,1-3H3. The van der Waals surface area contributed by atoms with E-state index in [0.29, 0.717) is 6.10 Å². The van der Waals surface area contributed by atoms with Gasteiger partial charge in [0, 0.05) is 6.42 Å². The second-order valence-corrected chi connectivity index (χ2v) is 3.70. The monoisotopic (exact) mass is 162 g/mol. The first-order valence-corrected chi connectivity index (χ1v) is 4.43. The maximum atomic E-state index is 5.69. The largest absolute Gasteiger partial charge is 0.490 e. The van der Waals surface area contributed by atoms with Gasteiger partial charge in [-0.2, -0.15) is 0 Å². The molecule has 0 bridgehead atoms. The van der Waals surface area contributed by atoms with Gasteiger partial charge in [0.25, 0.3) is 0 Å². The Labute approximate surface area is 73.4 Å². The van der Waals surface area contributed by atoms with Crippen molar-refractivity contribution in [3.63, 3.8) is 0 Å². The summed E-state index contributed by atoms with van der Waals surface area (Å²) in [5.74, 6) is 1.12. The summed E-state index contributed by atoms with van der Waals surface area (Å²) in [5, 5.41) is 0. The maximum absolute atomic E-state index is 5.69. The van der Waals surface area contributed by atoms with Crippen molar-refractivity contribution in [2.24, 2.45) is 0 Å². The Morgan fingerprint density at radius 2 is 2.08 bits per heavy atom. The molecule has 2 rings (SSSR count). The molecule has 1 aromatic rings. The molecular formula is C11H14O. The van der Waals surface area contributed by atoms with Gasteiger partial charge in [-0.15, -0.1) is 0 Å². The molecule has 0 saturated carbocycles. The molecule has 1 nitrogen and oxygen atoms in total. The molecule has 0 saturated heterocycles. The number of benzene rings is 1. The van der Waals surface area contributed by atoms with Gasteiger partial charge in [-0.3, -0.25) is 0 Å². The molecule has 1 unspecified atom stereocenters. The number of hydrogen-bond donors (Lipinski definition) is 0. The van der Waals surface area contributed by atoms with E-state index in [1.165, 1.54) is 16.7 Å². The van der Waals surface area contributed by atoms with E-state index in [0.717, 1.165) is 12.2 Å². The first-order valence-electron chi connectivity index (χ1n) is 4.43. The van der Waals surface area contributed by atoms with E-state index in [2.05, 4.69) is 32.9 Å². The minimum atomic E-state index is 0.362. The van der Waals surface area contributed by atoms with Crippen molar-refractivity contribution in [2.75, 3.05) is 0 Å². The van der Waals surface area contributed by atoms with Crippen molar-refractivity contribution in [1.29, 1.82) is 0 Å². The fourth-order valence-electron chi connectivity index (χ4n) is 1.92. The van der Waals surface area contributed by atoms with Crippen molar-refractivity contribution in [3.8, 4) is 5.75 Å². The highest BCUT2D eigenvalue weighted by Crippen LogP contribution is 2.32. The van der Waals surface area contributed by atoms with E-state index in [1.807, 2.05) is 0 Å². The number of fused-ring (bicyclic) bond motifs is 1. The van der Waals surface area contributed by atoms with Gasteiger partial charge in [0.2, 0.25) is 0 Å². The van der Waals surface area contributed by atoms with E-state index in [4.69, 9.17) is 4.74 Å². The van der Waals surface area contributed by atoms with Gasteiger partial charge >= 0.3 is 0 Å². The topological polar surface area (TPSA) is 9.23 Å². The molecular weight excluding hydrogens is 148 g/mol. The molecule has 1 aliphatic heterocycles. The third kappa shape index (κ3) is 1.09. The zero-order chi connectivity index (χ0) is 8.72. The Morgan fingerprint density at radius 3 is 2.83 bits per heavy atom. The van der Waals surface area contributed by atoms with Crippen LogP contribution in [0, 0.1) is 13.8 Å².